The highest BCUT2D eigenvalue weighted by molar-refractivity contribution is 14.1. The molecule has 0 radical (unpaired) electrons. The molecule has 1 saturated heterocycles. The molecule has 116 valence electrons. The van der Waals surface area contributed by atoms with Gasteiger partial charge < -0.3 is 14.9 Å². The maximum absolute atomic E-state index is 10.1. The number of aliphatic hydroxyl groups is 2. The molecule has 0 aromatic carbocycles. The number of rotatable bonds is 9. The summed E-state index contributed by atoms with van der Waals surface area (Å²) in [5, 5.41) is 18.9. The minimum Gasteiger partial charge on any atom is -0.396 e. The lowest BCUT2D eigenvalue weighted by Crippen LogP contribution is -2.17. The SMILES string of the molecule is C=C(I)[C@H](C)C[C@H](O)CC[C@@H]1O[C@@H](CCCO)CC1=C. The molecule has 0 bridgehead atoms. The number of hydrogen-bond donors (Lipinski definition) is 2. The van der Waals surface area contributed by atoms with Gasteiger partial charge in [0.05, 0.1) is 18.3 Å². The third-order valence-corrected chi connectivity index (χ3v) is 4.97. The Labute approximate surface area is 136 Å². The molecule has 0 spiro atoms. The largest absolute Gasteiger partial charge is 0.396 e. The van der Waals surface area contributed by atoms with Crippen molar-refractivity contribution in [3.63, 3.8) is 0 Å². The van der Waals surface area contributed by atoms with E-state index < -0.39 is 0 Å². The van der Waals surface area contributed by atoms with Crippen LogP contribution in [0.2, 0.25) is 0 Å². The van der Waals surface area contributed by atoms with Gasteiger partial charge in [0.1, 0.15) is 0 Å². The fourth-order valence-corrected chi connectivity index (χ4v) is 2.81. The molecule has 4 atom stereocenters. The fourth-order valence-electron chi connectivity index (χ4n) is 2.56. The number of halogens is 1. The molecule has 0 unspecified atom stereocenters. The lowest BCUT2D eigenvalue weighted by atomic mass is 9.97. The van der Waals surface area contributed by atoms with Gasteiger partial charge in [-0.1, -0.05) is 20.1 Å². The van der Waals surface area contributed by atoms with E-state index in [4.69, 9.17) is 9.84 Å². The fraction of sp³-hybridized carbons (Fsp3) is 0.750. The van der Waals surface area contributed by atoms with Crippen LogP contribution in [-0.4, -0.2) is 35.1 Å². The standard InChI is InChI=1S/C16H27IO3/c1-11(13(3)17)9-14(19)6-7-16-12(2)10-15(20-16)5-4-8-18/h11,14-16,18-19H,2-10H2,1H3/t11-,14-,15+,16+/m1/s1. The Balaban J connectivity index is 2.27. The normalized spacial score (nSPS) is 25.7. The van der Waals surface area contributed by atoms with Crippen LogP contribution in [0.25, 0.3) is 0 Å². The van der Waals surface area contributed by atoms with Crippen LogP contribution in [0.15, 0.2) is 22.3 Å². The van der Waals surface area contributed by atoms with Gasteiger partial charge in [-0.3, -0.25) is 0 Å². The molecule has 1 aliphatic heterocycles. The zero-order valence-electron chi connectivity index (χ0n) is 12.4. The van der Waals surface area contributed by atoms with Crippen molar-refractivity contribution >= 4 is 22.6 Å². The van der Waals surface area contributed by atoms with Gasteiger partial charge in [0, 0.05) is 6.61 Å². The second kappa shape index (κ2) is 9.18. The van der Waals surface area contributed by atoms with Gasteiger partial charge in [0.2, 0.25) is 0 Å². The highest BCUT2D eigenvalue weighted by atomic mass is 127. The minimum atomic E-state index is -0.301. The van der Waals surface area contributed by atoms with Gasteiger partial charge in [0.25, 0.3) is 0 Å². The second-order valence-electron chi connectivity index (χ2n) is 5.79. The number of aliphatic hydroxyl groups excluding tert-OH is 2. The van der Waals surface area contributed by atoms with Crippen molar-refractivity contribution in [3.05, 3.63) is 22.3 Å². The molecular formula is C16H27IO3. The third kappa shape index (κ3) is 6.24. The summed E-state index contributed by atoms with van der Waals surface area (Å²) in [4.78, 5) is 0. The van der Waals surface area contributed by atoms with E-state index >= 15 is 0 Å². The van der Waals surface area contributed by atoms with Crippen molar-refractivity contribution in [2.24, 2.45) is 5.92 Å². The molecule has 4 heteroatoms. The van der Waals surface area contributed by atoms with Crippen molar-refractivity contribution in [2.45, 2.75) is 63.8 Å². The van der Waals surface area contributed by atoms with E-state index in [0.29, 0.717) is 5.92 Å². The average molecular weight is 394 g/mol. The molecule has 0 aliphatic carbocycles. The highest BCUT2D eigenvalue weighted by Crippen LogP contribution is 2.31. The zero-order valence-corrected chi connectivity index (χ0v) is 14.5. The van der Waals surface area contributed by atoms with Gasteiger partial charge in [-0.2, -0.15) is 0 Å². The molecular weight excluding hydrogens is 367 g/mol. The van der Waals surface area contributed by atoms with Crippen LogP contribution < -0.4 is 0 Å². The van der Waals surface area contributed by atoms with Crippen LogP contribution in [0.3, 0.4) is 0 Å². The molecule has 1 fully saturated rings. The predicted molar refractivity (Wildman–Crippen MR) is 90.9 cm³/mol. The summed E-state index contributed by atoms with van der Waals surface area (Å²) >= 11 is 2.22. The molecule has 1 aliphatic rings. The Morgan fingerprint density at radius 1 is 1.50 bits per heavy atom. The summed E-state index contributed by atoms with van der Waals surface area (Å²) in [7, 11) is 0. The molecule has 1 heterocycles. The Bertz CT molecular complexity index is 330. The van der Waals surface area contributed by atoms with E-state index in [1.165, 1.54) is 0 Å². The predicted octanol–water partition coefficient (Wildman–Crippen LogP) is 3.59. The molecule has 0 aromatic heterocycles. The van der Waals surface area contributed by atoms with Crippen LogP contribution in [0, 0.1) is 5.92 Å². The topological polar surface area (TPSA) is 49.7 Å². The Hall–Kier alpha value is 0.0900. The second-order valence-corrected chi connectivity index (χ2v) is 7.18. The molecule has 2 N–H and O–H groups in total. The molecule has 0 saturated carbocycles. The summed E-state index contributed by atoms with van der Waals surface area (Å²) in [6.07, 6.45) is 4.86. The molecule has 0 aromatic rings. The van der Waals surface area contributed by atoms with Gasteiger partial charge >= 0.3 is 0 Å². The van der Waals surface area contributed by atoms with E-state index in [0.717, 1.165) is 47.7 Å². The molecule has 20 heavy (non-hydrogen) atoms. The smallest absolute Gasteiger partial charge is 0.0788 e. The summed E-state index contributed by atoms with van der Waals surface area (Å²) in [6.45, 7) is 10.3. The minimum absolute atomic E-state index is 0.0754. The maximum Gasteiger partial charge on any atom is 0.0788 e. The molecule has 0 amide bonds. The van der Waals surface area contributed by atoms with Crippen molar-refractivity contribution in [1.82, 2.24) is 0 Å². The third-order valence-electron chi connectivity index (χ3n) is 3.91. The summed E-state index contributed by atoms with van der Waals surface area (Å²) < 4.78 is 7.03. The lowest BCUT2D eigenvalue weighted by molar-refractivity contribution is 0.0292. The van der Waals surface area contributed by atoms with E-state index in [1.807, 2.05) is 0 Å². The first kappa shape index (κ1) is 18.1. The van der Waals surface area contributed by atoms with E-state index in [1.54, 1.807) is 0 Å². The molecule has 3 nitrogen and oxygen atoms in total. The first-order valence-corrected chi connectivity index (χ1v) is 8.48. The Morgan fingerprint density at radius 3 is 2.80 bits per heavy atom. The van der Waals surface area contributed by atoms with E-state index in [-0.39, 0.29) is 24.9 Å². The maximum atomic E-state index is 10.1. The van der Waals surface area contributed by atoms with Gasteiger partial charge in [-0.25, -0.2) is 0 Å². The molecule has 1 rings (SSSR count). The van der Waals surface area contributed by atoms with E-state index in [9.17, 15) is 5.11 Å². The van der Waals surface area contributed by atoms with Crippen LogP contribution in [-0.2, 0) is 4.74 Å². The van der Waals surface area contributed by atoms with Crippen LogP contribution in [0.4, 0.5) is 0 Å². The number of hydrogen-bond acceptors (Lipinski definition) is 3. The summed E-state index contributed by atoms with van der Waals surface area (Å²) in [6, 6.07) is 0. The van der Waals surface area contributed by atoms with Crippen LogP contribution >= 0.6 is 22.6 Å². The summed E-state index contributed by atoms with van der Waals surface area (Å²) in [5.41, 5.74) is 1.13. The monoisotopic (exact) mass is 394 g/mol. The number of ether oxygens (including phenoxy) is 1. The van der Waals surface area contributed by atoms with Crippen molar-refractivity contribution in [1.29, 1.82) is 0 Å². The van der Waals surface area contributed by atoms with E-state index in [2.05, 4.69) is 42.7 Å². The van der Waals surface area contributed by atoms with Crippen LogP contribution in [0.1, 0.15) is 45.4 Å². The average Bonchev–Trinajstić information content (AvgIpc) is 2.74. The summed E-state index contributed by atoms with van der Waals surface area (Å²) in [5.74, 6) is 0.343. The zero-order chi connectivity index (χ0) is 15.1. The van der Waals surface area contributed by atoms with Crippen LogP contribution in [0.5, 0.6) is 0 Å². The van der Waals surface area contributed by atoms with Gasteiger partial charge in [0.15, 0.2) is 0 Å². The highest BCUT2D eigenvalue weighted by Gasteiger charge is 2.28. The lowest BCUT2D eigenvalue weighted by Gasteiger charge is -2.18. The van der Waals surface area contributed by atoms with Gasteiger partial charge in [-0.15, -0.1) is 0 Å². The van der Waals surface area contributed by atoms with Crippen molar-refractivity contribution in [3.8, 4) is 0 Å². The first-order chi connectivity index (χ1) is 9.43. The van der Waals surface area contributed by atoms with Gasteiger partial charge in [-0.05, 0) is 76.2 Å². The quantitative estimate of drug-likeness (QED) is 0.464. The van der Waals surface area contributed by atoms with Crippen molar-refractivity contribution in [2.75, 3.05) is 6.61 Å². The first-order valence-electron chi connectivity index (χ1n) is 7.40. The Kier molecular flexibility index (Phi) is 8.32. The van der Waals surface area contributed by atoms with Crippen molar-refractivity contribution < 1.29 is 14.9 Å². The Morgan fingerprint density at radius 2 is 2.20 bits per heavy atom. The number of allylic oxidation sites excluding steroid dienone is 1.